The van der Waals surface area contributed by atoms with Crippen LogP contribution < -0.4 is 4.74 Å². The SMILES string of the molecule is O=C(c1cc(COc2ccc(F)cc2F)cs1)N1CCN(Cc2cccc(Cl)c2)CC1. The number of thiophene rings is 1. The highest BCUT2D eigenvalue weighted by atomic mass is 35.5. The van der Waals surface area contributed by atoms with Gasteiger partial charge in [-0.15, -0.1) is 11.3 Å². The number of carbonyl (C=O) groups is 1. The molecule has 1 aliphatic heterocycles. The van der Waals surface area contributed by atoms with Gasteiger partial charge in [0.2, 0.25) is 0 Å². The van der Waals surface area contributed by atoms with E-state index in [0.717, 1.165) is 47.9 Å². The van der Waals surface area contributed by atoms with Crippen LogP contribution in [0.1, 0.15) is 20.8 Å². The van der Waals surface area contributed by atoms with Crippen LogP contribution in [0.4, 0.5) is 8.78 Å². The molecule has 4 nitrogen and oxygen atoms in total. The maximum Gasteiger partial charge on any atom is 0.264 e. The van der Waals surface area contributed by atoms with E-state index in [1.807, 2.05) is 28.5 Å². The van der Waals surface area contributed by atoms with Gasteiger partial charge < -0.3 is 9.64 Å². The Morgan fingerprint density at radius 3 is 2.58 bits per heavy atom. The predicted molar refractivity (Wildman–Crippen MR) is 118 cm³/mol. The number of halogens is 3. The highest BCUT2D eigenvalue weighted by molar-refractivity contribution is 7.12. The third-order valence-corrected chi connectivity index (χ3v) is 6.31. The second kappa shape index (κ2) is 9.77. The molecule has 0 N–H and O–H groups in total. The van der Waals surface area contributed by atoms with Crippen molar-refractivity contribution in [2.45, 2.75) is 13.2 Å². The van der Waals surface area contributed by atoms with Crippen molar-refractivity contribution in [3.05, 3.63) is 86.6 Å². The summed E-state index contributed by atoms with van der Waals surface area (Å²) < 4.78 is 32.1. The Kier molecular flexibility index (Phi) is 6.85. The van der Waals surface area contributed by atoms with Crippen LogP contribution in [0.2, 0.25) is 5.02 Å². The summed E-state index contributed by atoms with van der Waals surface area (Å²) in [7, 11) is 0. The van der Waals surface area contributed by atoms with Crippen molar-refractivity contribution in [1.29, 1.82) is 0 Å². The number of rotatable bonds is 6. The molecule has 1 saturated heterocycles. The van der Waals surface area contributed by atoms with Gasteiger partial charge in [0.15, 0.2) is 11.6 Å². The van der Waals surface area contributed by atoms with Crippen LogP contribution in [0.5, 0.6) is 5.75 Å². The molecule has 0 spiro atoms. The summed E-state index contributed by atoms with van der Waals surface area (Å²) in [5, 5.41) is 2.55. The van der Waals surface area contributed by atoms with Gasteiger partial charge in [-0.2, -0.15) is 0 Å². The Bertz CT molecular complexity index is 1070. The molecule has 0 atom stereocenters. The van der Waals surface area contributed by atoms with Crippen LogP contribution >= 0.6 is 22.9 Å². The molecular weight excluding hydrogens is 442 g/mol. The number of hydrogen-bond acceptors (Lipinski definition) is 4. The van der Waals surface area contributed by atoms with Crippen LogP contribution in [0.3, 0.4) is 0 Å². The molecule has 162 valence electrons. The molecule has 3 aromatic rings. The van der Waals surface area contributed by atoms with Crippen LogP contribution in [0.15, 0.2) is 53.9 Å². The van der Waals surface area contributed by atoms with Gasteiger partial charge in [0, 0.05) is 49.4 Å². The zero-order valence-corrected chi connectivity index (χ0v) is 18.3. The maximum atomic E-state index is 13.7. The van der Waals surface area contributed by atoms with E-state index in [-0.39, 0.29) is 18.3 Å². The summed E-state index contributed by atoms with van der Waals surface area (Å²) in [5.41, 5.74) is 1.93. The first kappa shape index (κ1) is 21.7. The summed E-state index contributed by atoms with van der Waals surface area (Å²) in [4.78, 5) is 17.6. The molecule has 8 heteroatoms. The summed E-state index contributed by atoms with van der Waals surface area (Å²) in [6, 6.07) is 12.8. The summed E-state index contributed by atoms with van der Waals surface area (Å²) >= 11 is 7.40. The molecule has 0 bridgehead atoms. The van der Waals surface area contributed by atoms with Crippen molar-refractivity contribution in [3.63, 3.8) is 0 Å². The number of piperazine rings is 1. The van der Waals surface area contributed by atoms with E-state index in [2.05, 4.69) is 11.0 Å². The van der Waals surface area contributed by atoms with Crippen LogP contribution in [-0.4, -0.2) is 41.9 Å². The molecule has 0 unspecified atom stereocenters. The highest BCUT2D eigenvalue weighted by Gasteiger charge is 2.23. The number of hydrogen-bond donors (Lipinski definition) is 0. The fourth-order valence-corrected chi connectivity index (χ4v) is 4.55. The van der Waals surface area contributed by atoms with Gasteiger partial charge >= 0.3 is 0 Å². The minimum atomic E-state index is -0.748. The molecule has 1 fully saturated rings. The minimum absolute atomic E-state index is 0.00776. The summed E-state index contributed by atoms with van der Waals surface area (Å²) in [6.45, 7) is 3.82. The number of benzene rings is 2. The number of carbonyl (C=O) groups excluding carboxylic acids is 1. The molecule has 4 rings (SSSR count). The van der Waals surface area contributed by atoms with Crippen LogP contribution in [0, 0.1) is 11.6 Å². The lowest BCUT2D eigenvalue weighted by Gasteiger charge is -2.34. The summed E-state index contributed by atoms with van der Waals surface area (Å²) in [6.07, 6.45) is 0. The van der Waals surface area contributed by atoms with Crippen molar-refractivity contribution in [2.24, 2.45) is 0 Å². The fourth-order valence-electron chi connectivity index (χ4n) is 3.48. The van der Waals surface area contributed by atoms with E-state index >= 15 is 0 Å². The third-order valence-electron chi connectivity index (χ3n) is 5.11. The first-order valence-corrected chi connectivity index (χ1v) is 11.1. The molecule has 2 heterocycles. The maximum absolute atomic E-state index is 13.7. The average molecular weight is 463 g/mol. The van der Waals surface area contributed by atoms with Gasteiger partial charge in [-0.3, -0.25) is 9.69 Å². The first-order valence-electron chi connectivity index (χ1n) is 9.89. The number of nitrogens with zero attached hydrogens (tertiary/aromatic N) is 2. The molecule has 1 amide bonds. The Hall–Kier alpha value is -2.48. The van der Waals surface area contributed by atoms with Crippen molar-refractivity contribution in [2.75, 3.05) is 26.2 Å². The molecule has 2 aromatic carbocycles. The fraction of sp³-hybridized carbons (Fsp3) is 0.261. The summed E-state index contributed by atoms with van der Waals surface area (Å²) in [5.74, 6) is -1.42. The molecule has 0 radical (unpaired) electrons. The number of ether oxygens (including phenoxy) is 1. The Labute approximate surface area is 188 Å². The topological polar surface area (TPSA) is 32.8 Å². The third kappa shape index (κ3) is 5.61. The van der Waals surface area contributed by atoms with E-state index in [4.69, 9.17) is 16.3 Å². The van der Waals surface area contributed by atoms with E-state index < -0.39 is 11.6 Å². The Morgan fingerprint density at radius 1 is 1.03 bits per heavy atom. The van der Waals surface area contributed by atoms with E-state index in [1.165, 1.54) is 17.4 Å². The largest absolute Gasteiger partial charge is 0.486 e. The lowest BCUT2D eigenvalue weighted by molar-refractivity contribution is 0.0633. The van der Waals surface area contributed by atoms with Gasteiger partial charge in [-0.1, -0.05) is 23.7 Å². The second-order valence-electron chi connectivity index (χ2n) is 7.38. The van der Waals surface area contributed by atoms with Gasteiger partial charge in [0.1, 0.15) is 12.4 Å². The van der Waals surface area contributed by atoms with Crippen molar-refractivity contribution in [3.8, 4) is 5.75 Å². The lowest BCUT2D eigenvalue weighted by atomic mass is 10.2. The molecule has 31 heavy (non-hydrogen) atoms. The quantitative estimate of drug-likeness (QED) is 0.503. The Balaban J connectivity index is 1.29. The van der Waals surface area contributed by atoms with Gasteiger partial charge in [0.25, 0.3) is 5.91 Å². The standard InChI is InChI=1S/C23H21ClF2N2O2S/c24-18-3-1-2-16(10-18)13-27-6-8-28(9-7-27)23(29)22-11-17(15-31-22)14-30-21-5-4-19(25)12-20(21)26/h1-5,10-12,15H,6-9,13-14H2. The zero-order valence-electron chi connectivity index (χ0n) is 16.7. The van der Waals surface area contributed by atoms with Crippen molar-refractivity contribution >= 4 is 28.8 Å². The predicted octanol–water partition coefficient (Wildman–Crippen LogP) is 5.22. The minimum Gasteiger partial charge on any atom is -0.486 e. The van der Waals surface area contributed by atoms with Crippen LogP contribution in [0.25, 0.3) is 0 Å². The van der Waals surface area contributed by atoms with E-state index in [1.54, 1.807) is 6.07 Å². The first-order chi connectivity index (χ1) is 15.0. The normalized spacial score (nSPS) is 14.6. The van der Waals surface area contributed by atoms with Gasteiger partial charge in [-0.05, 0) is 41.3 Å². The lowest BCUT2D eigenvalue weighted by Crippen LogP contribution is -2.48. The van der Waals surface area contributed by atoms with E-state index in [0.29, 0.717) is 18.0 Å². The van der Waals surface area contributed by atoms with Crippen LogP contribution in [-0.2, 0) is 13.2 Å². The molecule has 0 saturated carbocycles. The van der Waals surface area contributed by atoms with Crippen molar-refractivity contribution in [1.82, 2.24) is 9.80 Å². The Morgan fingerprint density at radius 2 is 1.84 bits per heavy atom. The smallest absolute Gasteiger partial charge is 0.264 e. The zero-order chi connectivity index (χ0) is 21.8. The van der Waals surface area contributed by atoms with E-state index in [9.17, 15) is 13.6 Å². The molecule has 1 aromatic heterocycles. The van der Waals surface area contributed by atoms with Gasteiger partial charge in [0.05, 0.1) is 4.88 Å². The highest BCUT2D eigenvalue weighted by Crippen LogP contribution is 2.22. The molecule has 1 aliphatic rings. The second-order valence-corrected chi connectivity index (χ2v) is 8.73. The number of amides is 1. The monoisotopic (exact) mass is 462 g/mol. The van der Waals surface area contributed by atoms with Crippen molar-refractivity contribution < 1.29 is 18.3 Å². The molecule has 0 aliphatic carbocycles. The van der Waals surface area contributed by atoms with Gasteiger partial charge in [-0.25, -0.2) is 8.78 Å². The average Bonchev–Trinajstić information content (AvgIpc) is 3.22. The molecular formula is C23H21ClF2N2O2S.